The van der Waals surface area contributed by atoms with Gasteiger partial charge in [-0.1, -0.05) is 25.8 Å². The van der Waals surface area contributed by atoms with Gasteiger partial charge in [0, 0.05) is 0 Å². The third kappa shape index (κ3) is 11.7. The van der Waals surface area contributed by atoms with Crippen LogP contribution in [0.3, 0.4) is 0 Å². The van der Waals surface area contributed by atoms with Crippen molar-refractivity contribution < 1.29 is 49.0 Å². The maximum absolute atomic E-state index is 2.20. The summed E-state index contributed by atoms with van der Waals surface area (Å²) in [5.41, 5.74) is 1.47. The number of fused-ring (bicyclic) bond motifs is 1. The molecule has 0 bridgehead atoms. The van der Waals surface area contributed by atoms with Crippen LogP contribution in [-0.2, 0) is 30.7 Å². The Labute approximate surface area is 168 Å². The molecule has 0 aliphatic carbocycles. The normalized spacial score (nSPS) is 8.57. The number of benzene rings is 1. The first-order valence-corrected chi connectivity index (χ1v) is 8.69. The van der Waals surface area contributed by atoms with Crippen LogP contribution >= 0.6 is 0 Å². The smallest absolute Gasteiger partial charge is 0.0809 e. The second kappa shape index (κ2) is 15.1. The molecule has 0 aromatic heterocycles. The van der Waals surface area contributed by atoms with Crippen molar-refractivity contribution in [1.82, 2.24) is 0 Å². The topological polar surface area (TPSA) is 0 Å². The molecule has 0 atom stereocenters. The van der Waals surface area contributed by atoms with Crippen LogP contribution in [0.4, 0.5) is 0 Å². The van der Waals surface area contributed by atoms with E-state index in [0.717, 1.165) is 0 Å². The van der Waals surface area contributed by atoms with E-state index in [2.05, 4.69) is 87.5 Å². The van der Waals surface area contributed by atoms with Crippen LogP contribution in [0.5, 0.6) is 0 Å². The number of hydrogen-bond donors (Lipinski definition) is 0. The Bertz CT molecular complexity index is 590. The van der Waals surface area contributed by atoms with Crippen LogP contribution in [0.2, 0.25) is 0 Å². The molecule has 124 valence electrons. The van der Waals surface area contributed by atoms with Gasteiger partial charge in [-0.2, -0.15) is 41.3 Å². The zero-order valence-corrected chi connectivity index (χ0v) is 18.0. The molecule has 0 fully saturated rings. The Morgan fingerprint density at radius 2 is 1.65 bits per heavy atom. The van der Waals surface area contributed by atoms with Crippen molar-refractivity contribution >= 4 is 14.0 Å². The monoisotopic (exact) mass is 424 g/mol. The van der Waals surface area contributed by atoms with Crippen LogP contribution in [0.15, 0.2) is 66.7 Å². The van der Waals surface area contributed by atoms with Crippen LogP contribution in [-0.4, -0.2) is 3.21 Å². The Hall–Kier alpha value is -0.487. The van der Waals surface area contributed by atoms with E-state index < -0.39 is 0 Å². The molecule has 3 rings (SSSR count). The first kappa shape index (κ1) is 24.8. The maximum Gasteiger partial charge on any atom is -0.0809 e. The summed E-state index contributed by atoms with van der Waals surface area (Å²) < 4.78 is 1.51. The molecule has 3 aromatic rings. The fourth-order valence-corrected chi connectivity index (χ4v) is 1.94. The summed E-state index contributed by atoms with van der Waals surface area (Å²) in [4.78, 5) is 0. The van der Waals surface area contributed by atoms with E-state index in [0.29, 0.717) is 0 Å². The van der Waals surface area contributed by atoms with E-state index in [9.17, 15) is 0 Å². The number of aryl methyl sites for hydroxylation is 1. The summed E-state index contributed by atoms with van der Waals surface area (Å²) in [6.45, 7) is 6.45. The average molecular weight is 427 g/mol. The summed E-state index contributed by atoms with van der Waals surface area (Å²) in [5, 5.41) is 2.66. The van der Waals surface area contributed by atoms with Gasteiger partial charge in [-0.3, -0.25) is 0 Å². The number of hydrogen-bond acceptors (Lipinski definition) is 0. The van der Waals surface area contributed by atoms with Crippen molar-refractivity contribution in [3.05, 3.63) is 72.3 Å². The van der Waals surface area contributed by atoms with Crippen LogP contribution in [0.1, 0.15) is 32.8 Å². The van der Waals surface area contributed by atoms with Gasteiger partial charge in [0.2, 0.25) is 0 Å². The summed E-state index contributed by atoms with van der Waals surface area (Å²) in [7, 11) is 0. The molecule has 0 amide bonds. The van der Waals surface area contributed by atoms with Crippen LogP contribution in [0.25, 0.3) is 10.8 Å². The third-order valence-corrected chi connectivity index (χ3v) is 2.82. The van der Waals surface area contributed by atoms with E-state index in [-0.39, 0.29) is 24.8 Å². The summed E-state index contributed by atoms with van der Waals surface area (Å²) >= 11 is 1.55. The van der Waals surface area contributed by atoms with Crippen molar-refractivity contribution in [2.24, 2.45) is 0 Å². The van der Waals surface area contributed by atoms with Crippen molar-refractivity contribution in [2.75, 3.05) is 0 Å². The molecule has 0 radical (unpaired) electrons. The van der Waals surface area contributed by atoms with Crippen LogP contribution in [0, 0.1) is 0 Å². The second-order valence-electron chi connectivity index (χ2n) is 5.20. The molecular weight excluding hydrogens is 402 g/mol. The van der Waals surface area contributed by atoms with E-state index >= 15 is 0 Å². The maximum atomic E-state index is 2.20. The summed E-state index contributed by atoms with van der Waals surface area (Å²) in [6, 6.07) is 23.2. The molecule has 0 unspecified atom stereocenters. The average Bonchev–Trinajstić information content (AvgIpc) is 3.09. The summed E-state index contributed by atoms with van der Waals surface area (Å²) in [5.74, 6) is 0. The van der Waals surface area contributed by atoms with Gasteiger partial charge in [0.1, 0.15) is 0 Å². The molecule has 0 nitrogen and oxygen atoms in total. The minimum Gasteiger partial charge on any atom is -1.00 e. The number of rotatable bonds is 2. The van der Waals surface area contributed by atoms with Crippen molar-refractivity contribution in [3.8, 4) is 0 Å². The van der Waals surface area contributed by atoms with E-state index in [4.69, 9.17) is 0 Å². The Morgan fingerprint density at radius 3 is 2.17 bits per heavy atom. The zero-order valence-electron chi connectivity index (χ0n) is 14.0. The molecule has 0 spiro atoms. The van der Waals surface area contributed by atoms with E-state index in [1.807, 2.05) is 0 Å². The molecule has 0 N–H and O–H groups in total. The Kier molecular flexibility index (Phi) is 16.2. The van der Waals surface area contributed by atoms with Gasteiger partial charge in [-0.15, -0.1) is 29.7 Å². The first-order valence-electron chi connectivity index (χ1n) is 7.46. The Balaban J connectivity index is 0. The molecule has 0 aliphatic rings. The molecule has 3 aromatic carbocycles. The minimum absolute atomic E-state index is 0. The first-order chi connectivity index (χ1) is 10.1. The van der Waals surface area contributed by atoms with E-state index in [1.165, 1.54) is 32.4 Å². The van der Waals surface area contributed by atoms with Gasteiger partial charge in [0.05, 0.1) is 0 Å². The predicted octanol–water partition coefficient (Wildman–Crippen LogP) is -0.330. The van der Waals surface area contributed by atoms with Crippen molar-refractivity contribution in [2.45, 2.75) is 33.6 Å². The minimum atomic E-state index is 0. The quantitative estimate of drug-likeness (QED) is 0.493. The third-order valence-electron chi connectivity index (χ3n) is 2.82. The molecular formula is C20H24Cl2Zr-2. The SMILES string of the molecule is CCCc1cc[cH-]c1.C[C](C)=[Zr+2].[Cl-].[Cl-].c1ccc2[cH-]ccc2c1. The van der Waals surface area contributed by atoms with Gasteiger partial charge in [0.25, 0.3) is 0 Å². The van der Waals surface area contributed by atoms with E-state index in [1.54, 1.807) is 24.2 Å². The summed E-state index contributed by atoms with van der Waals surface area (Å²) in [6.07, 6.45) is 2.48. The molecule has 23 heavy (non-hydrogen) atoms. The van der Waals surface area contributed by atoms with Crippen LogP contribution < -0.4 is 24.8 Å². The Morgan fingerprint density at radius 1 is 1.00 bits per heavy atom. The largest absolute Gasteiger partial charge is 1.00 e. The van der Waals surface area contributed by atoms with Gasteiger partial charge >= 0.3 is 41.3 Å². The molecule has 0 saturated heterocycles. The van der Waals surface area contributed by atoms with Gasteiger partial charge in [-0.05, 0) is 0 Å². The molecule has 0 heterocycles. The molecule has 0 aliphatic heterocycles. The second-order valence-corrected chi connectivity index (χ2v) is 7.66. The fourth-order valence-electron chi connectivity index (χ4n) is 1.94. The standard InChI is InChI=1S/C9H7.C8H11.C3H6.2ClH.Zr/c1-2-5-9-7-3-6-8(9)4-1;1-2-5-8-6-3-4-7-8;1-3-2;;;/h1-7H;3-4,6-7H,2,5H2,1H3;1-2H3;2*1H;/q2*-1;;;;+2/p-2. The van der Waals surface area contributed by atoms with Gasteiger partial charge < -0.3 is 24.8 Å². The molecule has 3 heteroatoms. The number of halogens is 2. The van der Waals surface area contributed by atoms with Gasteiger partial charge in [-0.25, -0.2) is 6.07 Å². The van der Waals surface area contributed by atoms with Crippen molar-refractivity contribution in [1.29, 1.82) is 0 Å². The zero-order chi connectivity index (χ0) is 15.5. The predicted molar refractivity (Wildman–Crippen MR) is 91.9 cm³/mol. The van der Waals surface area contributed by atoms with Gasteiger partial charge in [0.15, 0.2) is 0 Å². The fraction of sp³-hybridized carbons (Fsp3) is 0.250. The van der Waals surface area contributed by atoms with Crippen molar-refractivity contribution in [3.63, 3.8) is 0 Å². The molecule has 0 saturated carbocycles.